The van der Waals surface area contributed by atoms with Gasteiger partial charge in [-0.05, 0) is 37.1 Å². The molecule has 0 bridgehead atoms. The number of aromatic nitrogens is 1. The van der Waals surface area contributed by atoms with Gasteiger partial charge in [0.2, 0.25) is 15.9 Å². The van der Waals surface area contributed by atoms with E-state index in [0.29, 0.717) is 24.9 Å². The summed E-state index contributed by atoms with van der Waals surface area (Å²) in [5.74, 6) is -0.396. The van der Waals surface area contributed by atoms with Crippen LogP contribution in [0.1, 0.15) is 18.4 Å². The van der Waals surface area contributed by atoms with E-state index >= 15 is 0 Å². The van der Waals surface area contributed by atoms with E-state index in [1.165, 1.54) is 22.6 Å². The second kappa shape index (κ2) is 7.58. The van der Waals surface area contributed by atoms with Crippen molar-refractivity contribution in [1.82, 2.24) is 9.29 Å². The van der Waals surface area contributed by atoms with Gasteiger partial charge >= 0.3 is 0 Å². The Morgan fingerprint density at radius 2 is 2.15 bits per heavy atom. The lowest BCUT2D eigenvalue weighted by molar-refractivity contribution is 0.124. The van der Waals surface area contributed by atoms with E-state index in [2.05, 4.69) is 4.98 Å². The Balaban J connectivity index is 1.77. The SMILES string of the molecule is N#Cc1ccnc(OC2CCCN(S(=O)(=O)c3ccc(F)c(Cl)c3)C2)c1. The summed E-state index contributed by atoms with van der Waals surface area (Å²) in [6.07, 6.45) is 2.34. The number of hydrogen-bond donors (Lipinski definition) is 0. The molecule has 1 aliphatic heterocycles. The van der Waals surface area contributed by atoms with Gasteiger partial charge in [-0.2, -0.15) is 9.57 Å². The Labute approximate surface area is 155 Å². The molecule has 1 aromatic carbocycles. The van der Waals surface area contributed by atoms with Crippen molar-refractivity contribution in [2.45, 2.75) is 23.8 Å². The normalized spacial score (nSPS) is 18.3. The third-order valence-electron chi connectivity index (χ3n) is 4.02. The maximum absolute atomic E-state index is 13.3. The predicted molar refractivity (Wildman–Crippen MR) is 92.8 cm³/mol. The Morgan fingerprint density at radius 1 is 1.35 bits per heavy atom. The second-order valence-electron chi connectivity index (χ2n) is 5.82. The standard InChI is InChI=1S/C17H15ClFN3O3S/c18-15-9-14(3-4-16(15)19)26(23,24)22-7-1-2-13(11-22)25-17-8-12(10-20)5-6-21-17/h3-6,8-9,13H,1-2,7,11H2. The fourth-order valence-electron chi connectivity index (χ4n) is 2.72. The summed E-state index contributed by atoms with van der Waals surface area (Å²) < 4.78 is 45.9. The number of nitrogens with zero attached hydrogens (tertiary/aromatic N) is 3. The molecule has 3 rings (SSSR count). The Bertz CT molecular complexity index is 962. The molecule has 0 aliphatic carbocycles. The summed E-state index contributed by atoms with van der Waals surface area (Å²) in [6.45, 7) is 0.471. The molecule has 1 aliphatic rings. The molecule has 2 heterocycles. The van der Waals surface area contributed by atoms with Gasteiger partial charge in [0, 0.05) is 18.8 Å². The summed E-state index contributed by atoms with van der Waals surface area (Å²) in [7, 11) is -3.81. The maximum Gasteiger partial charge on any atom is 0.243 e. The van der Waals surface area contributed by atoms with E-state index in [9.17, 15) is 12.8 Å². The van der Waals surface area contributed by atoms with Crippen molar-refractivity contribution in [1.29, 1.82) is 5.26 Å². The first-order valence-corrected chi connectivity index (χ1v) is 9.70. The van der Waals surface area contributed by atoms with Crippen LogP contribution in [0.4, 0.5) is 4.39 Å². The Morgan fingerprint density at radius 3 is 2.88 bits per heavy atom. The summed E-state index contributed by atoms with van der Waals surface area (Å²) >= 11 is 5.71. The number of benzene rings is 1. The third kappa shape index (κ3) is 3.96. The third-order valence-corrected chi connectivity index (χ3v) is 6.17. The lowest BCUT2D eigenvalue weighted by Crippen LogP contribution is -2.44. The van der Waals surface area contributed by atoms with Crippen LogP contribution in [0.2, 0.25) is 5.02 Å². The Hall–Kier alpha value is -2.21. The molecule has 2 aromatic rings. The van der Waals surface area contributed by atoms with Crippen molar-refractivity contribution in [2.24, 2.45) is 0 Å². The number of rotatable bonds is 4. The zero-order valence-electron chi connectivity index (χ0n) is 13.6. The van der Waals surface area contributed by atoms with Gasteiger partial charge in [-0.1, -0.05) is 11.6 Å². The van der Waals surface area contributed by atoms with Gasteiger partial charge in [0.25, 0.3) is 0 Å². The number of ether oxygens (including phenoxy) is 1. The minimum absolute atomic E-state index is 0.0610. The van der Waals surface area contributed by atoms with Crippen LogP contribution in [-0.4, -0.2) is 36.9 Å². The fraction of sp³-hybridized carbons (Fsp3) is 0.294. The number of hydrogen-bond acceptors (Lipinski definition) is 5. The molecule has 1 atom stereocenters. The first-order valence-electron chi connectivity index (χ1n) is 7.88. The van der Waals surface area contributed by atoms with Crippen LogP contribution < -0.4 is 4.74 Å². The number of piperidine rings is 1. The minimum Gasteiger partial charge on any atom is -0.473 e. The van der Waals surface area contributed by atoms with Crippen molar-refractivity contribution < 1.29 is 17.5 Å². The van der Waals surface area contributed by atoms with Gasteiger partial charge < -0.3 is 4.74 Å². The van der Waals surface area contributed by atoms with Crippen LogP contribution in [0.5, 0.6) is 5.88 Å². The van der Waals surface area contributed by atoms with Crippen LogP contribution in [0.15, 0.2) is 41.4 Å². The lowest BCUT2D eigenvalue weighted by atomic mass is 10.1. The predicted octanol–water partition coefficient (Wildman–Crippen LogP) is 2.98. The van der Waals surface area contributed by atoms with Gasteiger partial charge in [-0.3, -0.25) is 0 Å². The molecular weight excluding hydrogens is 381 g/mol. The molecule has 0 amide bonds. The number of halogens is 2. The number of pyridine rings is 1. The summed E-state index contributed by atoms with van der Waals surface area (Å²) in [4.78, 5) is 3.99. The van der Waals surface area contributed by atoms with E-state index in [-0.39, 0.29) is 22.3 Å². The van der Waals surface area contributed by atoms with Crippen LogP contribution >= 0.6 is 11.6 Å². The van der Waals surface area contributed by atoms with Crippen molar-refractivity contribution in [3.8, 4) is 11.9 Å². The smallest absolute Gasteiger partial charge is 0.243 e. The van der Waals surface area contributed by atoms with E-state index in [0.717, 1.165) is 12.1 Å². The largest absolute Gasteiger partial charge is 0.473 e. The van der Waals surface area contributed by atoms with Crippen molar-refractivity contribution in [2.75, 3.05) is 13.1 Å². The summed E-state index contributed by atoms with van der Waals surface area (Å²) in [5, 5.41) is 8.68. The minimum atomic E-state index is -3.81. The molecule has 9 heteroatoms. The second-order valence-corrected chi connectivity index (χ2v) is 8.16. The van der Waals surface area contributed by atoms with Crippen LogP contribution in [-0.2, 0) is 10.0 Å². The molecule has 0 radical (unpaired) electrons. The molecule has 1 aromatic heterocycles. The summed E-state index contributed by atoms with van der Waals surface area (Å²) in [5.41, 5.74) is 0.413. The number of nitriles is 1. The Kier molecular flexibility index (Phi) is 5.41. The van der Waals surface area contributed by atoms with Crippen molar-refractivity contribution in [3.05, 3.63) is 52.9 Å². The lowest BCUT2D eigenvalue weighted by Gasteiger charge is -2.31. The molecular formula is C17H15ClFN3O3S. The molecule has 1 fully saturated rings. The zero-order valence-corrected chi connectivity index (χ0v) is 15.2. The fourth-order valence-corrected chi connectivity index (χ4v) is 4.50. The average molecular weight is 396 g/mol. The van der Waals surface area contributed by atoms with Crippen LogP contribution in [0.25, 0.3) is 0 Å². The highest BCUT2D eigenvalue weighted by molar-refractivity contribution is 7.89. The molecule has 1 unspecified atom stereocenters. The van der Waals surface area contributed by atoms with Gasteiger partial charge in [0.15, 0.2) is 0 Å². The van der Waals surface area contributed by atoms with E-state index in [1.807, 2.05) is 6.07 Å². The molecule has 0 saturated carbocycles. The van der Waals surface area contributed by atoms with Gasteiger partial charge in [-0.25, -0.2) is 17.8 Å². The monoisotopic (exact) mass is 395 g/mol. The first kappa shape index (κ1) is 18.6. The highest BCUT2D eigenvalue weighted by Gasteiger charge is 2.31. The maximum atomic E-state index is 13.3. The zero-order chi connectivity index (χ0) is 18.7. The first-order chi connectivity index (χ1) is 12.4. The molecule has 0 spiro atoms. The quantitative estimate of drug-likeness (QED) is 0.794. The van der Waals surface area contributed by atoms with Crippen LogP contribution in [0.3, 0.4) is 0 Å². The van der Waals surface area contributed by atoms with E-state index in [4.69, 9.17) is 21.6 Å². The number of sulfonamides is 1. The van der Waals surface area contributed by atoms with E-state index in [1.54, 1.807) is 6.07 Å². The summed E-state index contributed by atoms with van der Waals surface area (Å²) in [6, 6.07) is 8.40. The molecule has 1 saturated heterocycles. The molecule has 0 N–H and O–H groups in total. The molecule has 26 heavy (non-hydrogen) atoms. The highest BCUT2D eigenvalue weighted by atomic mass is 35.5. The van der Waals surface area contributed by atoms with Gasteiger partial charge in [0.1, 0.15) is 11.9 Å². The van der Waals surface area contributed by atoms with Crippen LogP contribution in [0, 0.1) is 17.1 Å². The van der Waals surface area contributed by atoms with Gasteiger partial charge in [0.05, 0.1) is 28.1 Å². The molecule has 136 valence electrons. The van der Waals surface area contributed by atoms with E-state index < -0.39 is 21.9 Å². The van der Waals surface area contributed by atoms with Crippen molar-refractivity contribution in [3.63, 3.8) is 0 Å². The van der Waals surface area contributed by atoms with Crippen molar-refractivity contribution >= 4 is 21.6 Å². The topological polar surface area (TPSA) is 83.3 Å². The van der Waals surface area contributed by atoms with Gasteiger partial charge in [-0.15, -0.1) is 0 Å². The highest BCUT2D eigenvalue weighted by Crippen LogP contribution is 2.26. The average Bonchev–Trinajstić information content (AvgIpc) is 2.64. The molecule has 6 nitrogen and oxygen atoms in total.